The molecule has 1 aromatic heterocycles. The van der Waals surface area contributed by atoms with Crippen LogP contribution in [0.15, 0.2) is 30.5 Å². The van der Waals surface area contributed by atoms with Crippen LogP contribution in [-0.4, -0.2) is 22.0 Å². The summed E-state index contributed by atoms with van der Waals surface area (Å²) >= 11 is 2.30. The first kappa shape index (κ1) is 11.5. The third kappa shape index (κ3) is 3.02. The van der Waals surface area contributed by atoms with E-state index in [2.05, 4.69) is 62.5 Å². The van der Waals surface area contributed by atoms with Crippen molar-refractivity contribution < 1.29 is 0 Å². The SMILES string of the molecule is CNCc1cn(Cc2ccc(I)cc2)nn1. The van der Waals surface area contributed by atoms with Crippen LogP contribution in [0.25, 0.3) is 0 Å². The van der Waals surface area contributed by atoms with Gasteiger partial charge in [-0.2, -0.15) is 0 Å². The predicted molar refractivity (Wildman–Crippen MR) is 71.0 cm³/mol. The minimum absolute atomic E-state index is 0.757. The van der Waals surface area contributed by atoms with E-state index < -0.39 is 0 Å². The maximum absolute atomic E-state index is 4.08. The van der Waals surface area contributed by atoms with Gasteiger partial charge in [-0.15, -0.1) is 5.10 Å². The number of nitrogens with zero attached hydrogens (tertiary/aromatic N) is 3. The molecule has 0 saturated heterocycles. The second-order valence-corrected chi connectivity index (χ2v) is 4.81. The van der Waals surface area contributed by atoms with E-state index in [-0.39, 0.29) is 0 Å². The van der Waals surface area contributed by atoms with E-state index in [1.54, 1.807) is 0 Å². The van der Waals surface area contributed by atoms with Gasteiger partial charge in [0.15, 0.2) is 0 Å². The van der Waals surface area contributed by atoms with E-state index in [9.17, 15) is 0 Å². The summed E-state index contributed by atoms with van der Waals surface area (Å²) in [6.45, 7) is 1.53. The van der Waals surface area contributed by atoms with Crippen molar-refractivity contribution in [1.29, 1.82) is 0 Å². The van der Waals surface area contributed by atoms with Crippen LogP contribution in [0.3, 0.4) is 0 Å². The fourth-order valence-electron chi connectivity index (χ4n) is 1.45. The topological polar surface area (TPSA) is 42.7 Å². The van der Waals surface area contributed by atoms with E-state index >= 15 is 0 Å². The molecule has 5 heteroatoms. The monoisotopic (exact) mass is 328 g/mol. The Balaban J connectivity index is 2.05. The molecule has 1 heterocycles. The van der Waals surface area contributed by atoms with Gasteiger partial charge in [0.1, 0.15) is 0 Å². The molecule has 1 aromatic carbocycles. The van der Waals surface area contributed by atoms with Gasteiger partial charge in [0.25, 0.3) is 0 Å². The molecule has 0 unspecified atom stereocenters. The molecule has 2 aromatic rings. The summed E-state index contributed by atoms with van der Waals surface area (Å²) in [7, 11) is 1.90. The van der Waals surface area contributed by atoms with Gasteiger partial charge in [-0.3, -0.25) is 0 Å². The first-order valence-electron chi connectivity index (χ1n) is 5.06. The Morgan fingerprint density at radius 2 is 2.06 bits per heavy atom. The molecule has 0 aliphatic carbocycles. The highest BCUT2D eigenvalue weighted by Crippen LogP contribution is 2.08. The van der Waals surface area contributed by atoms with E-state index in [1.165, 1.54) is 9.13 Å². The lowest BCUT2D eigenvalue weighted by atomic mass is 10.2. The molecule has 0 aliphatic heterocycles. The highest BCUT2D eigenvalue weighted by molar-refractivity contribution is 14.1. The Morgan fingerprint density at radius 3 is 2.75 bits per heavy atom. The Morgan fingerprint density at radius 1 is 1.31 bits per heavy atom. The normalized spacial score (nSPS) is 10.6. The van der Waals surface area contributed by atoms with Gasteiger partial charge in [0.05, 0.1) is 18.4 Å². The van der Waals surface area contributed by atoms with Gasteiger partial charge >= 0.3 is 0 Å². The standard InChI is InChI=1S/C11H13IN4/c1-13-6-11-8-16(15-14-11)7-9-2-4-10(12)5-3-9/h2-5,8,13H,6-7H2,1H3. The third-order valence-corrected chi connectivity index (χ3v) is 2.92. The van der Waals surface area contributed by atoms with Crippen LogP contribution in [-0.2, 0) is 13.1 Å². The highest BCUT2D eigenvalue weighted by atomic mass is 127. The van der Waals surface area contributed by atoms with Crippen molar-refractivity contribution in [2.45, 2.75) is 13.1 Å². The van der Waals surface area contributed by atoms with Gasteiger partial charge in [-0.1, -0.05) is 17.3 Å². The van der Waals surface area contributed by atoms with Gasteiger partial charge in [-0.25, -0.2) is 4.68 Å². The van der Waals surface area contributed by atoms with Crippen molar-refractivity contribution in [3.63, 3.8) is 0 Å². The number of benzene rings is 1. The molecular weight excluding hydrogens is 315 g/mol. The van der Waals surface area contributed by atoms with Crippen LogP contribution in [0, 0.1) is 3.57 Å². The maximum atomic E-state index is 4.08. The van der Waals surface area contributed by atoms with Crippen molar-refractivity contribution >= 4 is 22.6 Å². The average Bonchev–Trinajstić information content (AvgIpc) is 2.70. The van der Waals surface area contributed by atoms with Crippen LogP contribution >= 0.6 is 22.6 Å². The number of hydrogen-bond donors (Lipinski definition) is 1. The summed E-state index contributed by atoms with van der Waals surface area (Å²) in [4.78, 5) is 0. The summed E-state index contributed by atoms with van der Waals surface area (Å²) < 4.78 is 3.10. The summed E-state index contributed by atoms with van der Waals surface area (Å²) in [5.74, 6) is 0. The van der Waals surface area contributed by atoms with Crippen molar-refractivity contribution in [1.82, 2.24) is 20.3 Å². The first-order valence-corrected chi connectivity index (χ1v) is 6.14. The van der Waals surface area contributed by atoms with Crippen molar-refractivity contribution in [3.05, 3.63) is 45.3 Å². The van der Waals surface area contributed by atoms with Gasteiger partial charge in [0.2, 0.25) is 0 Å². The first-order chi connectivity index (χ1) is 7.78. The Bertz CT molecular complexity index is 449. The Hall–Kier alpha value is -0.950. The maximum Gasteiger partial charge on any atom is 0.0964 e. The smallest absolute Gasteiger partial charge is 0.0964 e. The number of aromatic nitrogens is 3. The molecule has 4 nitrogen and oxygen atoms in total. The summed E-state index contributed by atoms with van der Waals surface area (Å²) in [6.07, 6.45) is 1.97. The molecule has 0 bridgehead atoms. The Kier molecular flexibility index (Phi) is 3.89. The highest BCUT2D eigenvalue weighted by Gasteiger charge is 2.00. The minimum Gasteiger partial charge on any atom is -0.314 e. The summed E-state index contributed by atoms with van der Waals surface area (Å²) in [5, 5.41) is 11.2. The lowest BCUT2D eigenvalue weighted by molar-refractivity contribution is 0.648. The fourth-order valence-corrected chi connectivity index (χ4v) is 1.81. The summed E-state index contributed by atoms with van der Waals surface area (Å²) in [5.41, 5.74) is 2.20. The summed E-state index contributed by atoms with van der Waals surface area (Å²) in [6, 6.07) is 8.42. The molecule has 0 atom stereocenters. The third-order valence-electron chi connectivity index (χ3n) is 2.20. The molecule has 0 spiro atoms. The second kappa shape index (κ2) is 5.40. The second-order valence-electron chi connectivity index (χ2n) is 3.56. The number of halogens is 1. The van der Waals surface area contributed by atoms with Gasteiger partial charge in [0, 0.05) is 10.1 Å². The molecule has 0 aliphatic rings. The lowest BCUT2D eigenvalue weighted by Crippen LogP contribution is -2.05. The number of hydrogen-bond acceptors (Lipinski definition) is 3. The number of nitrogens with one attached hydrogen (secondary N) is 1. The molecule has 2 rings (SSSR count). The van der Waals surface area contributed by atoms with Crippen LogP contribution in [0.1, 0.15) is 11.3 Å². The fraction of sp³-hybridized carbons (Fsp3) is 0.273. The molecular formula is C11H13IN4. The lowest BCUT2D eigenvalue weighted by Gasteiger charge is -2.00. The minimum atomic E-state index is 0.757. The van der Waals surface area contributed by atoms with E-state index in [1.807, 2.05) is 17.9 Å². The number of rotatable bonds is 4. The van der Waals surface area contributed by atoms with E-state index in [4.69, 9.17) is 0 Å². The molecule has 84 valence electrons. The zero-order valence-corrected chi connectivity index (χ0v) is 11.2. The average molecular weight is 328 g/mol. The quantitative estimate of drug-likeness (QED) is 0.868. The van der Waals surface area contributed by atoms with Crippen LogP contribution in [0.2, 0.25) is 0 Å². The van der Waals surface area contributed by atoms with Crippen molar-refractivity contribution in [2.75, 3.05) is 7.05 Å². The van der Waals surface area contributed by atoms with Gasteiger partial charge in [-0.05, 0) is 47.3 Å². The Labute approximate surface area is 108 Å². The van der Waals surface area contributed by atoms with Crippen LogP contribution < -0.4 is 5.32 Å². The van der Waals surface area contributed by atoms with Crippen molar-refractivity contribution in [3.8, 4) is 0 Å². The van der Waals surface area contributed by atoms with E-state index in [0.29, 0.717) is 0 Å². The van der Waals surface area contributed by atoms with E-state index in [0.717, 1.165) is 18.8 Å². The largest absolute Gasteiger partial charge is 0.314 e. The van der Waals surface area contributed by atoms with Crippen LogP contribution in [0.5, 0.6) is 0 Å². The van der Waals surface area contributed by atoms with Crippen LogP contribution in [0.4, 0.5) is 0 Å². The predicted octanol–water partition coefficient (Wildman–Crippen LogP) is 1.65. The van der Waals surface area contributed by atoms with Crippen molar-refractivity contribution in [2.24, 2.45) is 0 Å². The molecule has 0 fully saturated rings. The molecule has 16 heavy (non-hydrogen) atoms. The van der Waals surface area contributed by atoms with Gasteiger partial charge < -0.3 is 5.32 Å². The molecule has 0 saturated carbocycles. The zero-order chi connectivity index (χ0) is 11.4. The molecule has 0 radical (unpaired) electrons. The molecule has 1 N–H and O–H groups in total. The zero-order valence-electron chi connectivity index (χ0n) is 9.02. The molecule has 0 amide bonds.